The average molecular weight is 638 g/mol. The molecule has 2 aliphatic heterocycles. The Morgan fingerprint density at radius 3 is 2.58 bits per heavy atom. The first-order chi connectivity index (χ1) is 21.3. The van der Waals surface area contributed by atoms with Gasteiger partial charge >= 0.3 is 12.1 Å². The summed E-state index contributed by atoms with van der Waals surface area (Å²) in [6.45, 7) is 5.33. The number of fused-ring (bicyclic) bond motifs is 3. The van der Waals surface area contributed by atoms with Crippen molar-refractivity contribution in [3.63, 3.8) is 0 Å². The second kappa shape index (κ2) is 13.1. The number of hydrogen-bond donors (Lipinski definition) is 3. The van der Waals surface area contributed by atoms with Crippen molar-refractivity contribution in [2.45, 2.75) is 95.5 Å². The van der Waals surface area contributed by atoms with Gasteiger partial charge in [-0.1, -0.05) is 48.7 Å². The van der Waals surface area contributed by atoms with Gasteiger partial charge in [0.05, 0.1) is 0 Å². The van der Waals surface area contributed by atoms with Crippen molar-refractivity contribution in [3.8, 4) is 11.5 Å². The average Bonchev–Trinajstić information content (AvgIpc) is 3.67. The Morgan fingerprint density at radius 1 is 1.07 bits per heavy atom. The number of hydrogen-bond acceptors (Lipinski definition) is 6. The number of amides is 3. The molecular weight excluding hydrogens is 598 g/mol. The zero-order chi connectivity index (χ0) is 32.4. The number of carboxylic acids is 1. The molecule has 11 heteroatoms. The summed E-state index contributed by atoms with van der Waals surface area (Å²) in [5, 5.41) is 16.2. The number of alkyl carbamates (subject to hydrolysis) is 1. The van der Waals surface area contributed by atoms with Crippen LogP contribution in [0, 0.1) is 5.92 Å². The number of rotatable bonds is 4. The van der Waals surface area contributed by atoms with E-state index in [1.165, 1.54) is 4.90 Å². The van der Waals surface area contributed by atoms with Gasteiger partial charge in [0.25, 0.3) is 0 Å². The monoisotopic (exact) mass is 637 g/mol. The smallest absolute Gasteiger partial charge is 0.408 e. The lowest BCUT2D eigenvalue weighted by Gasteiger charge is -2.38. The van der Waals surface area contributed by atoms with Crippen molar-refractivity contribution in [2.75, 3.05) is 0 Å². The van der Waals surface area contributed by atoms with E-state index in [0.29, 0.717) is 29.4 Å². The largest absolute Gasteiger partial charge is 0.479 e. The number of aliphatic carboxylic acids is 1. The number of allylic oxidation sites excluding steroid dienone is 1. The van der Waals surface area contributed by atoms with Gasteiger partial charge < -0.3 is 30.1 Å². The summed E-state index contributed by atoms with van der Waals surface area (Å²) in [7, 11) is 0. The highest BCUT2D eigenvalue weighted by molar-refractivity contribution is 6.30. The molecule has 0 radical (unpaired) electrons. The molecule has 1 unspecified atom stereocenters. The van der Waals surface area contributed by atoms with E-state index in [2.05, 4.69) is 10.6 Å². The van der Waals surface area contributed by atoms with E-state index in [-0.39, 0.29) is 25.3 Å². The molecule has 2 aromatic carbocycles. The zero-order valence-corrected chi connectivity index (χ0v) is 26.6. The predicted octanol–water partition coefficient (Wildman–Crippen LogP) is 5.76. The number of ether oxygens (including phenoxy) is 2. The molecular formula is C34H40ClN3O7. The number of carbonyl (C=O) groups excluding carboxylic acids is 3. The minimum absolute atomic E-state index is 0.0968. The molecule has 5 rings (SSSR count). The van der Waals surface area contributed by atoms with Crippen LogP contribution in [0.5, 0.6) is 11.5 Å². The Balaban J connectivity index is 1.47. The van der Waals surface area contributed by atoms with Gasteiger partial charge in [-0.25, -0.2) is 9.59 Å². The Kier molecular flexibility index (Phi) is 9.44. The molecule has 240 valence electrons. The molecule has 2 aromatic rings. The number of carbonyl (C=O) groups is 4. The quantitative estimate of drug-likeness (QED) is 0.363. The van der Waals surface area contributed by atoms with Gasteiger partial charge in [-0.15, -0.1) is 0 Å². The van der Waals surface area contributed by atoms with Gasteiger partial charge in [-0.3, -0.25) is 9.59 Å². The molecule has 10 nitrogen and oxygen atoms in total. The van der Waals surface area contributed by atoms with Crippen LogP contribution in [0.4, 0.5) is 4.79 Å². The maximum absolute atomic E-state index is 14.2. The van der Waals surface area contributed by atoms with E-state index in [0.717, 1.165) is 30.4 Å². The number of nitrogens with zero attached hydrogens (tertiary/aromatic N) is 1. The van der Waals surface area contributed by atoms with Gasteiger partial charge in [0.15, 0.2) is 0 Å². The molecule has 0 aromatic heterocycles. The topological polar surface area (TPSA) is 134 Å². The summed E-state index contributed by atoms with van der Waals surface area (Å²) in [4.78, 5) is 54.9. The fraction of sp³-hybridized carbons (Fsp3) is 0.471. The lowest BCUT2D eigenvalue weighted by molar-refractivity contribution is -0.147. The minimum Gasteiger partial charge on any atom is -0.479 e. The van der Waals surface area contributed by atoms with E-state index in [1.807, 2.05) is 24.3 Å². The van der Waals surface area contributed by atoms with Gasteiger partial charge in [-0.2, -0.15) is 0 Å². The lowest BCUT2D eigenvalue weighted by Crippen LogP contribution is -2.60. The van der Waals surface area contributed by atoms with Crippen LogP contribution in [-0.4, -0.2) is 57.1 Å². The third kappa shape index (κ3) is 7.79. The Bertz CT molecular complexity index is 1500. The summed E-state index contributed by atoms with van der Waals surface area (Å²) >= 11 is 6.12. The van der Waals surface area contributed by atoms with Crippen LogP contribution in [0.25, 0.3) is 0 Å². The normalized spacial score (nSPS) is 26.0. The summed E-state index contributed by atoms with van der Waals surface area (Å²) in [5.74, 6) is -1.33. The predicted molar refractivity (Wildman–Crippen MR) is 168 cm³/mol. The molecule has 1 fully saturated rings. The van der Waals surface area contributed by atoms with E-state index < -0.39 is 47.1 Å². The minimum atomic E-state index is -1.42. The third-order valence-electron chi connectivity index (χ3n) is 8.39. The fourth-order valence-corrected chi connectivity index (χ4v) is 6.16. The van der Waals surface area contributed by atoms with E-state index in [4.69, 9.17) is 21.1 Å². The Morgan fingerprint density at radius 2 is 1.84 bits per heavy atom. The van der Waals surface area contributed by atoms with Gasteiger partial charge in [-0.05, 0) is 87.9 Å². The van der Waals surface area contributed by atoms with Crippen LogP contribution in [-0.2, 0) is 32.1 Å². The lowest BCUT2D eigenvalue weighted by atomic mass is 9.91. The van der Waals surface area contributed by atoms with E-state index in [1.54, 1.807) is 51.1 Å². The molecule has 0 saturated heterocycles. The molecule has 2 heterocycles. The summed E-state index contributed by atoms with van der Waals surface area (Å²) in [5.41, 5.74) is -0.568. The van der Waals surface area contributed by atoms with Gasteiger partial charge in [0, 0.05) is 23.9 Å². The van der Waals surface area contributed by atoms with Crippen molar-refractivity contribution in [1.29, 1.82) is 0 Å². The molecule has 3 N–H and O–H groups in total. The van der Waals surface area contributed by atoms with Crippen LogP contribution in [0.2, 0.25) is 5.02 Å². The first kappa shape index (κ1) is 32.3. The third-order valence-corrected chi connectivity index (χ3v) is 8.62. The van der Waals surface area contributed by atoms with Crippen LogP contribution in [0.1, 0.15) is 70.4 Å². The van der Waals surface area contributed by atoms with Crippen molar-refractivity contribution >= 4 is 35.5 Å². The summed E-state index contributed by atoms with van der Waals surface area (Å²) in [6.07, 6.45) is 7.00. The van der Waals surface area contributed by atoms with Crippen LogP contribution in [0.3, 0.4) is 0 Å². The fourth-order valence-electron chi connectivity index (χ4n) is 5.98. The van der Waals surface area contributed by atoms with Crippen molar-refractivity contribution < 1.29 is 33.8 Å². The number of halogens is 1. The zero-order valence-electron chi connectivity index (χ0n) is 25.8. The van der Waals surface area contributed by atoms with Crippen LogP contribution in [0.15, 0.2) is 54.6 Å². The maximum Gasteiger partial charge on any atom is 0.408 e. The number of carboxylic acid groups (broad SMARTS) is 1. The second-order valence-corrected chi connectivity index (χ2v) is 13.5. The van der Waals surface area contributed by atoms with Crippen molar-refractivity contribution in [2.24, 2.45) is 5.92 Å². The molecule has 3 aliphatic rings. The maximum atomic E-state index is 14.2. The summed E-state index contributed by atoms with van der Waals surface area (Å²) < 4.78 is 11.5. The number of benzene rings is 2. The molecule has 0 spiro atoms. The van der Waals surface area contributed by atoms with Gasteiger partial charge in [0.2, 0.25) is 11.8 Å². The van der Waals surface area contributed by atoms with Crippen molar-refractivity contribution in [3.05, 3.63) is 70.8 Å². The highest BCUT2D eigenvalue weighted by Gasteiger charge is 2.61. The molecule has 0 bridgehead atoms. The highest BCUT2D eigenvalue weighted by atomic mass is 35.5. The molecule has 4 atom stereocenters. The van der Waals surface area contributed by atoms with E-state index >= 15 is 0 Å². The Hall–Kier alpha value is -4.05. The molecule has 1 saturated carbocycles. The van der Waals surface area contributed by atoms with E-state index in [9.17, 15) is 24.3 Å². The summed E-state index contributed by atoms with van der Waals surface area (Å²) in [6, 6.07) is 10.5. The molecule has 3 amide bonds. The van der Waals surface area contributed by atoms with Crippen LogP contribution >= 0.6 is 11.6 Å². The van der Waals surface area contributed by atoms with Crippen molar-refractivity contribution in [1.82, 2.24) is 15.5 Å². The molecule has 1 aliphatic carbocycles. The number of nitrogens with one attached hydrogen (secondary N) is 2. The standard InChI is InChI=1S/C34H40ClN3O7/c1-33(2,3)45-32(43)36-27-13-8-6-4-5-7-10-23-19-34(23,31(41)42)37-29(39)28-17-22-16-26(44-25-12-9-11-24(35)18-25)15-14-21(22)20-38(28)30(27)40/h7,9-12,14-16,18,23,27-28H,4-6,8,13,17,19-20H2,1-3H3,(H,36,43)(H,37,39)(H,41,42)/b10-7-/t23-,27-,28?,34+/m0/s1. The Labute approximate surface area is 268 Å². The first-order valence-electron chi connectivity index (χ1n) is 15.4. The highest BCUT2D eigenvalue weighted by Crippen LogP contribution is 2.45. The first-order valence-corrected chi connectivity index (χ1v) is 15.8. The molecule has 45 heavy (non-hydrogen) atoms. The van der Waals surface area contributed by atoms with Gasteiger partial charge in [0.1, 0.15) is 34.7 Å². The van der Waals surface area contributed by atoms with Crippen LogP contribution < -0.4 is 15.4 Å². The SMILES string of the molecule is CC(C)(C)OC(=O)N[C@H]1CCCCC/C=C\[C@H]2C[C@@]2(C(=O)O)NC(=O)C2Cc3cc(Oc4cccc(Cl)c4)ccc3CN2C1=O. The second-order valence-electron chi connectivity index (χ2n) is 13.0.